The van der Waals surface area contributed by atoms with Gasteiger partial charge in [-0.2, -0.15) is 0 Å². The number of esters is 1. The van der Waals surface area contributed by atoms with Crippen LogP contribution >= 0.6 is 0 Å². The minimum Gasteiger partial charge on any atom is -0.497 e. The summed E-state index contributed by atoms with van der Waals surface area (Å²) in [6.07, 6.45) is 7.26. The van der Waals surface area contributed by atoms with Crippen molar-refractivity contribution in [1.82, 2.24) is 5.32 Å². The summed E-state index contributed by atoms with van der Waals surface area (Å²) < 4.78 is 11.0. The van der Waals surface area contributed by atoms with Crippen LogP contribution < -0.4 is 10.1 Å². The third kappa shape index (κ3) is 3.52. The van der Waals surface area contributed by atoms with Crippen LogP contribution in [0.2, 0.25) is 0 Å². The summed E-state index contributed by atoms with van der Waals surface area (Å²) >= 11 is 0. The van der Waals surface area contributed by atoms with E-state index in [0.717, 1.165) is 18.7 Å². The molecular formula is C23H31NO3. The summed E-state index contributed by atoms with van der Waals surface area (Å²) in [6.45, 7) is 6.13. The first-order valence-corrected chi connectivity index (χ1v) is 10.3. The SMILES string of the molecule is COc1ccc(CNC[C@@H]2C(=O)O[C@@H]3C[C@]4(C)CCC[C@@H](C)C4=C[C@@H]23)cc1. The van der Waals surface area contributed by atoms with E-state index in [4.69, 9.17) is 9.47 Å². The maximum Gasteiger partial charge on any atom is 0.311 e. The Kier molecular flexibility index (Phi) is 5.02. The van der Waals surface area contributed by atoms with E-state index in [1.54, 1.807) is 12.7 Å². The Hall–Kier alpha value is -1.81. The zero-order chi connectivity index (χ0) is 19.0. The van der Waals surface area contributed by atoms with Gasteiger partial charge in [-0.3, -0.25) is 4.79 Å². The minimum absolute atomic E-state index is 0.0287. The molecule has 3 aliphatic rings. The molecule has 2 aliphatic carbocycles. The number of hydrogen-bond donors (Lipinski definition) is 1. The largest absolute Gasteiger partial charge is 0.497 e. The normalized spacial score (nSPS) is 35.1. The van der Waals surface area contributed by atoms with Gasteiger partial charge < -0.3 is 14.8 Å². The van der Waals surface area contributed by atoms with Crippen LogP contribution in [0.5, 0.6) is 5.75 Å². The van der Waals surface area contributed by atoms with Crippen LogP contribution in [0.25, 0.3) is 0 Å². The molecule has 0 bridgehead atoms. The second kappa shape index (κ2) is 7.31. The van der Waals surface area contributed by atoms with Gasteiger partial charge in [-0.1, -0.05) is 44.1 Å². The Morgan fingerprint density at radius 1 is 1.30 bits per heavy atom. The number of allylic oxidation sites excluding steroid dienone is 1. The third-order valence-corrected chi connectivity index (χ3v) is 6.93. The maximum atomic E-state index is 12.6. The highest BCUT2D eigenvalue weighted by Crippen LogP contribution is 2.53. The van der Waals surface area contributed by atoms with Gasteiger partial charge in [-0.15, -0.1) is 0 Å². The van der Waals surface area contributed by atoms with Crippen molar-refractivity contribution < 1.29 is 14.3 Å². The molecule has 2 fully saturated rings. The molecule has 1 N–H and O–H groups in total. The predicted molar refractivity (Wildman–Crippen MR) is 105 cm³/mol. The molecular weight excluding hydrogens is 338 g/mol. The van der Waals surface area contributed by atoms with Crippen molar-refractivity contribution in [2.24, 2.45) is 23.2 Å². The first-order valence-electron chi connectivity index (χ1n) is 10.3. The molecule has 1 aliphatic heterocycles. The molecule has 0 amide bonds. The lowest BCUT2D eigenvalue weighted by Crippen LogP contribution is -2.40. The van der Waals surface area contributed by atoms with E-state index in [-0.39, 0.29) is 29.3 Å². The van der Waals surface area contributed by atoms with Gasteiger partial charge in [0.1, 0.15) is 11.9 Å². The second-order valence-corrected chi connectivity index (χ2v) is 8.82. The van der Waals surface area contributed by atoms with Gasteiger partial charge in [0.25, 0.3) is 0 Å². The van der Waals surface area contributed by atoms with Gasteiger partial charge >= 0.3 is 5.97 Å². The molecule has 1 saturated heterocycles. The van der Waals surface area contributed by atoms with E-state index in [1.807, 2.05) is 12.1 Å². The lowest BCUT2D eigenvalue weighted by Gasteiger charge is -2.46. The van der Waals surface area contributed by atoms with Gasteiger partial charge in [0.2, 0.25) is 0 Å². The molecule has 1 heterocycles. The smallest absolute Gasteiger partial charge is 0.311 e. The van der Waals surface area contributed by atoms with Crippen molar-refractivity contribution in [3.8, 4) is 5.75 Å². The molecule has 1 aromatic rings. The molecule has 0 unspecified atom stereocenters. The van der Waals surface area contributed by atoms with E-state index in [1.165, 1.54) is 24.8 Å². The van der Waals surface area contributed by atoms with E-state index >= 15 is 0 Å². The summed E-state index contributed by atoms with van der Waals surface area (Å²) in [6, 6.07) is 8.04. The Bertz CT molecular complexity index is 726. The fraction of sp³-hybridized carbons (Fsp3) is 0.609. The van der Waals surface area contributed by atoms with Gasteiger partial charge in [0.05, 0.1) is 13.0 Å². The average molecular weight is 370 g/mol. The zero-order valence-corrected chi connectivity index (χ0v) is 16.7. The molecule has 1 aromatic carbocycles. The lowest BCUT2D eigenvalue weighted by molar-refractivity contribution is -0.145. The summed E-state index contributed by atoms with van der Waals surface area (Å²) in [5.41, 5.74) is 2.99. The molecule has 4 rings (SSSR count). The lowest BCUT2D eigenvalue weighted by atomic mass is 9.59. The van der Waals surface area contributed by atoms with Gasteiger partial charge in [-0.25, -0.2) is 0 Å². The molecule has 0 aromatic heterocycles. The Labute approximate surface area is 162 Å². The Morgan fingerprint density at radius 2 is 2.07 bits per heavy atom. The molecule has 4 heteroatoms. The van der Waals surface area contributed by atoms with E-state index in [9.17, 15) is 4.79 Å². The number of carbonyl (C=O) groups is 1. The molecule has 5 atom stereocenters. The molecule has 0 spiro atoms. The van der Waals surface area contributed by atoms with Crippen molar-refractivity contribution in [2.45, 2.75) is 52.2 Å². The van der Waals surface area contributed by atoms with E-state index in [2.05, 4.69) is 37.4 Å². The quantitative estimate of drug-likeness (QED) is 0.627. The fourth-order valence-corrected chi connectivity index (χ4v) is 5.40. The number of methoxy groups -OCH3 is 1. The van der Waals surface area contributed by atoms with Crippen molar-refractivity contribution in [2.75, 3.05) is 13.7 Å². The fourth-order valence-electron chi connectivity index (χ4n) is 5.40. The monoisotopic (exact) mass is 369 g/mol. The van der Waals surface area contributed by atoms with Gasteiger partial charge in [-0.05, 0) is 48.3 Å². The topological polar surface area (TPSA) is 47.6 Å². The number of nitrogens with one attached hydrogen (secondary N) is 1. The third-order valence-electron chi connectivity index (χ3n) is 6.93. The van der Waals surface area contributed by atoms with Crippen molar-refractivity contribution in [1.29, 1.82) is 0 Å². The van der Waals surface area contributed by atoms with Crippen LogP contribution in [0.3, 0.4) is 0 Å². The first-order chi connectivity index (χ1) is 13.0. The number of benzene rings is 1. The highest BCUT2D eigenvalue weighted by atomic mass is 16.6. The van der Waals surface area contributed by atoms with Crippen molar-refractivity contribution >= 4 is 5.97 Å². The van der Waals surface area contributed by atoms with Crippen LogP contribution in [-0.4, -0.2) is 25.7 Å². The van der Waals surface area contributed by atoms with E-state index in [0.29, 0.717) is 12.5 Å². The molecule has 1 saturated carbocycles. The van der Waals surface area contributed by atoms with Crippen LogP contribution in [0.1, 0.15) is 45.1 Å². The van der Waals surface area contributed by atoms with Crippen molar-refractivity contribution in [3.63, 3.8) is 0 Å². The summed E-state index contributed by atoms with van der Waals surface area (Å²) in [4.78, 5) is 12.6. The molecule has 4 nitrogen and oxygen atoms in total. The van der Waals surface area contributed by atoms with Crippen LogP contribution in [0.15, 0.2) is 35.9 Å². The summed E-state index contributed by atoms with van der Waals surface area (Å²) in [7, 11) is 1.67. The predicted octanol–water partition coefficient (Wildman–Crippen LogP) is 4.10. The maximum absolute atomic E-state index is 12.6. The molecule has 27 heavy (non-hydrogen) atoms. The molecule has 146 valence electrons. The van der Waals surface area contributed by atoms with Crippen molar-refractivity contribution in [3.05, 3.63) is 41.5 Å². The number of carbonyl (C=O) groups excluding carboxylic acids is 1. The summed E-state index contributed by atoms with van der Waals surface area (Å²) in [5.74, 6) is 1.62. The van der Waals surface area contributed by atoms with Gasteiger partial charge in [0, 0.05) is 19.0 Å². The highest BCUT2D eigenvalue weighted by Gasteiger charge is 2.51. The Morgan fingerprint density at radius 3 is 2.81 bits per heavy atom. The highest BCUT2D eigenvalue weighted by molar-refractivity contribution is 5.76. The van der Waals surface area contributed by atoms with Crippen LogP contribution in [0, 0.1) is 23.2 Å². The Balaban J connectivity index is 1.43. The minimum atomic E-state index is -0.0700. The second-order valence-electron chi connectivity index (χ2n) is 8.82. The number of fused-ring (bicyclic) bond motifs is 2. The van der Waals surface area contributed by atoms with Crippen LogP contribution in [-0.2, 0) is 16.1 Å². The standard InChI is InChI=1S/C23H31NO3/c1-15-5-4-10-23(2)12-21-18(11-20(15)23)19(22(25)27-21)14-24-13-16-6-8-17(26-3)9-7-16/h6-9,11,15,18-19,21,24H,4-5,10,12-14H2,1-3H3/t15-,18+,19+,21-,23+/m1/s1. The molecule has 0 radical (unpaired) electrons. The number of ether oxygens (including phenoxy) is 2. The van der Waals surface area contributed by atoms with Crippen LogP contribution in [0.4, 0.5) is 0 Å². The summed E-state index contributed by atoms with van der Waals surface area (Å²) in [5, 5.41) is 3.47. The van der Waals surface area contributed by atoms with Gasteiger partial charge in [0.15, 0.2) is 0 Å². The number of rotatable bonds is 5. The average Bonchev–Trinajstić information content (AvgIpc) is 2.95. The number of hydrogen-bond acceptors (Lipinski definition) is 4. The zero-order valence-electron chi connectivity index (χ0n) is 16.7. The van der Waals surface area contributed by atoms with E-state index < -0.39 is 0 Å². The first kappa shape index (κ1) is 18.5.